The second-order valence-corrected chi connectivity index (χ2v) is 5.46. The number of aliphatic hydroxyl groups is 1. The van der Waals surface area contributed by atoms with E-state index in [4.69, 9.17) is 10.2 Å². The fourth-order valence-electron chi connectivity index (χ4n) is 1.77. The quantitative estimate of drug-likeness (QED) is 0.621. The molecule has 1 aliphatic rings. The Morgan fingerprint density at radius 2 is 2.19 bits per heavy atom. The first-order valence-electron chi connectivity index (χ1n) is 6.23. The highest BCUT2D eigenvalue weighted by Crippen LogP contribution is 2.31. The van der Waals surface area contributed by atoms with Crippen LogP contribution in [0.1, 0.15) is 16.8 Å². The van der Waals surface area contributed by atoms with E-state index < -0.39 is 12.1 Å². The van der Waals surface area contributed by atoms with Crippen LogP contribution in [0.4, 0.5) is 5.69 Å². The second-order valence-electron chi connectivity index (χ2n) is 4.45. The molecule has 8 heteroatoms. The number of carbonyl (C=O) groups is 3. The molecule has 4 N–H and O–H groups in total. The first kappa shape index (κ1) is 15.3. The number of thioether (sulfide) groups is 1. The number of hydrogen-bond donors (Lipinski definition) is 4. The molecule has 0 fully saturated rings. The average Bonchev–Trinajstić information content (AvgIpc) is 2.45. The number of anilines is 1. The molecule has 2 rings (SSSR count). The van der Waals surface area contributed by atoms with Crippen molar-refractivity contribution in [3.05, 3.63) is 23.8 Å². The van der Waals surface area contributed by atoms with E-state index in [-0.39, 0.29) is 24.8 Å². The molecule has 0 unspecified atom stereocenters. The van der Waals surface area contributed by atoms with E-state index in [9.17, 15) is 14.4 Å². The average molecular weight is 310 g/mol. The van der Waals surface area contributed by atoms with Crippen LogP contribution in [-0.4, -0.2) is 46.4 Å². The maximum atomic E-state index is 11.9. The maximum absolute atomic E-state index is 11.9. The smallest absolute Gasteiger partial charge is 0.332 e. The zero-order chi connectivity index (χ0) is 15.4. The Hall–Kier alpha value is -2.06. The van der Waals surface area contributed by atoms with E-state index >= 15 is 0 Å². The third kappa shape index (κ3) is 3.96. The fourth-order valence-corrected chi connectivity index (χ4v) is 2.56. The Kier molecular flexibility index (Phi) is 4.81. The van der Waals surface area contributed by atoms with E-state index in [1.165, 1.54) is 11.8 Å². The number of amides is 2. The minimum Gasteiger partial charge on any atom is -0.479 e. The van der Waals surface area contributed by atoms with Crippen molar-refractivity contribution < 1.29 is 24.6 Å². The third-order valence-corrected chi connectivity index (χ3v) is 3.94. The van der Waals surface area contributed by atoms with Crippen LogP contribution in [0.5, 0.6) is 0 Å². The molecular weight excluding hydrogens is 296 g/mol. The van der Waals surface area contributed by atoms with Gasteiger partial charge >= 0.3 is 5.97 Å². The first-order valence-corrected chi connectivity index (χ1v) is 7.21. The van der Waals surface area contributed by atoms with Crippen molar-refractivity contribution in [3.63, 3.8) is 0 Å². The molecule has 0 bridgehead atoms. The molecule has 0 aliphatic carbocycles. The van der Waals surface area contributed by atoms with Crippen LogP contribution in [0.15, 0.2) is 23.1 Å². The standard InChI is InChI=1S/C13H14N2O5S/c16-9(13(19)20)3-4-14-12(18)7-1-2-10-8(5-7)15-11(17)6-21-10/h1-2,5,9,16H,3-4,6H2,(H,14,18)(H,15,17)(H,19,20)/t9-/m0/s1. The van der Waals surface area contributed by atoms with Crippen LogP contribution in [0.25, 0.3) is 0 Å². The molecule has 0 spiro atoms. The number of aliphatic carboxylic acids is 1. The number of benzene rings is 1. The molecule has 0 aromatic heterocycles. The first-order chi connectivity index (χ1) is 9.97. The van der Waals surface area contributed by atoms with Gasteiger partial charge in [-0.25, -0.2) is 4.79 Å². The molecule has 0 saturated heterocycles. The Bertz CT molecular complexity index is 590. The van der Waals surface area contributed by atoms with Crippen LogP contribution in [-0.2, 0) is 9.59 Å². The largest absolute Gasteiger partial charge is 0.479 e. The van der Waals surface area contributed by atoms with Gasteiger partial charge in [0.2, 0.25) is 5.91 Å². The van der Waals surface area contributed by atoms with E-state index in [0.29, 0.717) is 17.0 Å². The molecule has 2 amide bonds. The predicted octanol–water partition coefficient (Wildman–Crippen LogP) is 0.296. The van der Waals surface area contributed by atoms with Crippen molar-refractivity contribution in [2.45, 2.75) is 17.4 Å². The summed E-state index contributed by atoms with van der Waals surface area (Å²) in [4.78, 5) is 34.5. The van der Waals surface area contributed by atoms with E-state index in [1.807, 2.05) is 0 Å². The highest BCUT2D eigenvalue weighted by molar-refractivity contribution is 8.00. The van der Waals surface area contributed by atoms with Crippen molar-refractivity contribution in [3.8, 4) is 0 Å². The molecule has 1 aliphatic heterocycles. The molecule has 0 radical (unpaired) electrons. The van der Waals surface area contributed by atoms with Gasteiger partial charge < -0.3 is 20.8 Å². The zero-order valence-corrected chi connectivity index (χ0v) is 11.8. The summed E-state index contributed by atoms with van der Waals surface area (Å²) in [5.74, 6) is -1.47. The monoisotopic (exact) mass is 310 g/mol. The van der Waals surface area contributed by atoms with Crippen molar-refractivity contribution in [2.75, 3.05) is 17.6 Å². The number of hydrogen-bond acceptors (Lipinski definition) is 5. The topological polar surface area (TPSA) is 116 Å². The highest BCUT2D eigenvalue weighted by atomic mass is 32.2. The van der Waals surface area contributed by atoms with Crippen LogP contribution < -0.4 is 10.6 Å². The summed E-state index contributed by atoms with van der Waals surface area (Å²) in [5, 5.41) is 22.8. The minimum atomic E-state index is -1.50. The highest BCUT2D eigenvalue weighted by Gasteiger charge is 2.18. The van der Waals surface area contributed by atoms with Crippen LogP contribution in [0, 0.1) is 0 Å². The lowest BCUT2D eigenvalue weighted by molar-refractivity contribution is -0.146. The van der Waals surface area contributed by atoms with Gasteiger partial charge in [-0.1, -0.05) is 0 Å². The number of carbonyl (C=O) groups excluding carboxylic acids is 2. The van der Waals surface area contributed by atoms with Gasteiger partial charge in [0.25, 0.3) is 5.91 Å². The number of fused-ring (bicyclic) bond motifs is 1. The summed E-state index contributed by atoms with van der Waals surface area (Å²) in [5.41, 5.74) is 0.954. The normalized spacial score (nSPS) is 14.8. The van der Waals surface area contributed by atoms with Gasteiger partial charge in [0, 0.05) is 23.4 Å². The van der Waals surface area contributed by atoms with E-state index in [1.54, 1.807) is 18.2 Å². The minimum absolute atomic E-state index is 0.0461. The Labute approximate surface area is 124 Å². The van der Waals surface area contributed by atoms with Crippen molar-refractivity contribution >= 4 is 35.2 Å². The summed E-state index contributed by atoms with van der Waals surface area (Å²) in [7, 11) is 0. The van der Waals surface area contributed by atoms with Crippen LogP contribution >= 0.6 is 11.8 Å². The SMILES string of the molecule is O=C1CSc2ccc(C(=O)NCC[C@H](O)C(=O)O)cc2N1. The molecular formula is C13H14N2O5S. The van der Waals surface area contributed by atoms with Gasteiger partial charge in [-0.15, -0.1) is 11.8 Å². The zero-order valence-electron chi connectivity index (χ0n) is 11.0. The number of aliphatic hydroxyl groups excluding tert-OH is 1. The maximum Gasteiger partial charge on any atom is 0.332 e. The summed E-state index contributed by atoms with van der Waals surface area (Å²) in [6.07, 6.45) is -1.57. The molecule has 112 valence electrons. The lowest BCUT2D eigenvalue weighted by atomic mass is 10.1. The lowest BCUT2D eigenvalue weighted by Gasteiger charge is -2.17. The van der Waals surface area contributed by atoms with Crippen LogP contribution in [0.2, 0.25) is 0 Å². The van der Waals surface area contributed by atoms with Gasteiger partial charge in [0.15, 0.2) is 6.10 Å². The molecule has 7 nitrogen and oxygen atoms in total. The number of rotatable bonds is 5. The Balaban J connectivity index is 1.95. The number of carboxylic acid groups (broad SMARTS) is 1. The molecule has 21 heavy (non-hydrogen) atoms. The number of carboxylic acids is 1. The number of nitrogens with one attached hydrogen (secondary N) is 2. The predicted molar refractivity (Wildman–Crippen MR) is 76.4 cm³/mol. The van der Waals surface area contributed by atoms with Gasteiger partial charge in [-0.05, 0) is 18.2 Å². The van der Waals surface area contributed by atoms with Gasteiger partial charge in [0.1, 0.15) is 0 Å². The summed E-state index contributed by atoms with van der Waals surface area (Å²) in [6.45, 7) is 0.0461. The van der Waals surface area contributed by atoms with Crippen LogP contribution in [0.3, 0.4) is 0 Å². The van der Waals surface area contributed by atoms with E-state index in [2.05, 4.69) is 10.6 Å². The molecule has 1 aromatic carbocycles. The van der Waals surface area contributed by atoms with Gasteiger partial charge in [-0.3, -0.25) is 9.59 Å². The summed E-state index contributed by atoms with van der Waals surface area (Å²) < 4.78 is 0. The van der Waals surface area contributed by atoms with Crippen molar-refractivity contribution in [1.29, 1.82) is 0 Å². The molecule has 1 heterocycles. The molecule has 1 atom stereocenters. The second kappa shape index (κ2) is 6.59. The van der Waals surface area contributed by atoms with E-state index in [0.717, 1.165) is 4.90 Å². The Morgan fingerprint density at radius 3 is 2.90 bits per heavy atom. The van der Waals surface area contributed by atoms with Gasteiger partial charge in [-0.2, -0.15) is 0 Å². The Morgan fingerprint density at radius 1 is 1.43 bits per heavy atom. The molecule has 0 saturated carbocycles. The molecule has 1 aromatic rings. The van der Waals surface area contributed by atoms with Crippen molar-refractivity contribution in [2.24, 2.45) is 0 Å². The lowest BCUT2D eigenvalue weighted by Crippen LogP contribution is -2.30. The summed E-state index contributed by atoms with van der Waals surface area (Å²) >= 11 is 1.40. The fraction of sp³-hybridized carbons (Fsp3) is 0.308. The van der Waals surface area contributed by atoms with Crippen molar-refractivity contribution in [1.82, 2.24) is 5.32 Å². The van der Waals surface area contributed by atoms with Gasteiger partial charge in [0.05, 0.1) is 11.4 Å². The summed E-state index contributed by atoms with van der Waals surface area (Å²) in [6, 6.07) is 4.95. The third-order valence-electron chi connectivity index (χ3n) is 2.86.